The standard InChI is InChI=1S/C19H17ClIN5OS2/c1-2-16-23-24-19(29-11-12-6-4-3-5-7-12)26(16)25-18(28)22-17(27)14-10-13(21)8-9-15(14)20/h3-10H,2,11H2,1H3,(H2,22,25,27,28). The number of thiocarbonyl (C=S) groups is 1. The van der Waals surface area contributed by atoms with Crippen molar-refractivity contribution in [2.24, 2.45) is 0 Å². The maximum Gasteiger partial charge on any atom is 0.258 e. The van der Waals surface area contributed by atoms with Crippen LogP contribution in [-0.2, 0) is 12.2 Å². The number of carbonyl (C=O) groups excluding carboxylic acids is 1. The maximum atomic E-state index is 12.5. The van der Waals surface area contributed by atoms with Gasteiger partial charge >= 0.3 is 0 Å². The van der Waals surface area contributed by atoms with Crippen molar-refractivity contribution < 1.29 is 4.79 Å². The van der Waals surface area contributed by atoms with E-state index in [-0.39, 0.29) is 11.0 Å². The summed E-state index contributed by atoms with van der Waals surface area (Å²) in [7, 11) is 0. The number of amides is 1. The number of nitrogens with zero attached hydrogens (tertiary/aromatic N) is 3. The van der Waals surface area contributed by atoms with Gasteiger partial charge in [0.05, 0.1) is 10.6 Å². The molecule has 3 rings (SSSR count). The number of nitrogens with one attached hydrogen (secondary N) is 2. The van der Waals surface area contributed by atoms with Gasteiger partial charge in [-0.1, -0.05) is 60.6 Å². The molecular formula is C19H17ClIN5OS2. The number of rotatable bonds is 6. The first-order chi connectivity index (χ1) is 14.0. The van der Waals surface area contributed by atoms with Crippen LogP contribution in [0.3, 0.4) is 0 Å². The first-order valence-electron chi connectivity index (χ1n) is 8.66. The van der Waals surface area contributed by atoms with E-state index in [1.165, 1.54) is 17.3 Å². The molecule has 10 heteroatoms. The Morgan fingerprint density at radius 1 is 1.24 bits per heavy atom. The van der Waals surface area contributed by atoms with Crippen molar-refractivity contribution in [3.63, 3.8) is 0 Å². The quantitative estimate of drug-likeness (QED) is 0.261. The van der Waals surface area contributed by atoms with Gasteiger partial charge < -0.3 is 0 Å². The van der Waals surface area contributed by atoms with Crippen LogP contribution in [0.15, 0.2) is 53.7 Å². The van der Waals surface area contributed by atoms with Gasteiger partial charge in [-0.05, 0) is 58.6 Å². The third-order valence-corrected chi connectivity index (χ3v) is 6.03. The fourth-order valence-electron chi connectivity index (χ4n) is 2.43. The molecule has 1 heterocycles. The normalized spacial score (nSPS) is 10.6. The highest BCUT2D eigenvalue weighted by Crippen LogP contribution is 2.21. The maximum absolute atomic E-state index is 12.5. The highest BCUT2D eigenvalue weighted by atomic mass is 127. The molecular weight excluding hydrogens is 541 g/mol. The molecule has 150 valence electrons. The molecule has 1 amide bonds. The Labute approximate surface area is 196 Å². The number of carbonyl (C=O) groups is 1. The second kappa shape index (κ2) is 10.4. The Balaban J connectivity index is 1.70. The minimum absolute atomic E-state index is 0.140. The third-order valence-electron chi connectivity index (χ3n) is 3.84. The zero-order valence-electron chi connectivity index (χ0n) is 15.4. The second-order valence-electron chi connectivity index (χ2n) is 5.88. The number of halogens is 2. The monoisotopic (exact) mass is 557 g/mol. The Morgan fingerprint density at radius 3 is 2.72 bits per heavy atom. The molecule has 0 atom stereocenters. The van der Waals surface area contributed by atoms with E-state index in [4.69, 9.17) is 23.8 Å². The van der Waals surface area contributed by atoms with E-state index in [9.17, 15) is 4.79 Å². The van der Waals surface area contributed by atoms with Crippen LogP contribution >= 0.6 is 58.2 Å². The molecule has 2 aromatic carbocycles. The van der Waals surface area contributed by atoms with E-state index in [2.05, 4.69) is 55.7 Å². The van der Waals surface area contributed by atoms with Crippen molar-refractivity contribution in [3.8, 4) is 0 Å². The zero-order chi connectivity index (χ0) is 20.8. The molecule has 0 bridgehead atoms. The molecule has 0 unspecified atom stereocenters. The number of benzene rings is 2. The fraction of sp³-hybridized carbons (Fsp3) is 0.158. The van der Waals surface area contributed by atoms with Crippen LogP contribution in [0.25, 0.3) is 0 Å². The van der Waals surface area contributed by atoms with Gasteiger partial charge in [-0.3, -0.25) is 15.5 Å². The van der Waals surface area contributed by atoms with E-state index in [0.29, 0.717) is 28.0 Å². The number of aryl methyl sites for hydroxylation is 1. The predicted octanol–water partition coefficient (Wildman–Crippen LogP) is 4.65. The highest BCUT2D eigenvalue weighted by Gasteiger charge is 2.16. The van der Waals surface area contributed by atoms with Crippen molar-refractivity contribution in [3.05, 3.63) is 74.1 Å². The first-order valence-corrected chi connectivity index (χ1v) is 11.5. The van der Waals surface area contributed by atoms with Gasteiger partial charge in [0, 0.05) is 15.7 Å². The minimum atomic E-state index is -0.379. The predicted molar refractivity (Wildman–Crippen MR) is 129 cm³/mol. The lowest BCUT2D eigenvalue weighted by atomic mass is 10.2. The molecule has 0 saturated heterocycles. The van der Waals surface area contributed by atoms with E-state index < -0.39 is 0 Å². The minimum Gasteiger partial charge on any atom is -0.298 e. The lowest BCUT2D eigenvalue weighted by molar-refractivity contribution is 0.0977. The lowest BCUT2D eigenvalue weighted by Gasteiger charge is -2.14. The summed E-state index contributed by atoms with van der Waals surface area (Å²) in [6.07, 6.45) is 0.658. The summed E-state index contributed by atoms with van der Waals surface area (Å²) in [5.74, 6) is 1.07. The van der Waals surface area contributed by atoms with Gasteiger partial charge in [-0.2, -0.15) is 0 Å². The largest absolute Gasteiger partial charge is 0.298 e. The first kappa shape index (κ1) is 22.0. The Kier molecular flexibility index (Phi) is 7.87. The number of aromatic nitrogens is 3. The van der Waals surface area contributed by atoms with Crippen LogP contribution in [0, 0.1) is 3.57 Å². The smallest absolute Gasteiger partial charge is 0.258 e. The van der Waals surface area contributed by atoms with Crippen LogP contribution in [0.2, 0.25) is 5.02 Å². The summed E-state index contributed by atoms with van der Waals surface area (Å²) < 4.78 is 2.61. The van der Waals surface area contributed by atoms with Gasteiger partial charge in [0.15, 0.2) is 10.9 Å². The van der Waals surface area contributed by atoms with Crippen LogP contribution in [0.4, 0.5) is 0 Å². The molecule has 0 radical (unpaired) electrons. The molecule has 29 heavy (non-hydrogen) atoms. The summed E-state index contributed by atoms with van der Waals surface area (Å²) in [5.41, 5.74) is 4.54. The molecule has 0 aliphatic carbocycles. The third kappa shape index (κ3) is 5.91. The van der Waals surface area contributed by atoms with Gasteiger partial charge in [0.1, 0.15) is 0 Å². The molecule has 3 aromatic rings. The van der Waals surface area contributed by atoms with Crippen molar-refractivity contribution in [2.75, 3.05) is 5.43 Å². The van der Waals surface area contributed by atoms with Crippen LogP contribution in [-0.4, -0.2) is 25.9 Å². The SMILES string of the molecule is CCc1nnc(SCc2ccccc2)n1NC(=S)NC(=O)c1cc(I)ccc1Cl. The molecule has 0 aliphatic heterocycles. The zero-order valence-corrected chi connectivity index (χ0v) is 19.9. The summed E-state index contributed by atoms with van der Waals surface area (Å²) in [5, 5.41) is 12.3. The molecule has 1 aromatic heterocycles. The average Bonchev–Trinajstić information content (AvgIpc) is 3.10. The van der Waals surface area contributed by atoms with Gasteiger partial charge in [-0.15, -0.1) is 10.2 Å². The van der Waals surface area contributed by atoms with Gasteiger partial charge in [0.25, 0.3) is 5.91 Å². The number of hydrogen-bond donors (Lipinski definition) is 2. The summed E-state index contributed by atoms with van der Waals surface area (Å²) >= 11 is 15.1. The lowest BCUT2D eigenvalue weighted by Crippen LogP contribution is -2.39. The number of hydrogen-bond acceptors (Lipinski definition) is 5. The van der Waals surface area contributed by atoms with Crippen molar-refractivity contribution in [1.82, 2.24) is 20.2 Å². The van der Waals surface area contributed by atoms with E-state index in [1.54, 1.807) is 16.8 Å². The van der Waals surface area contributed by atoms with E-state index in [0.717, 1.165) is 9.32 Å². The Hall–Kier alpha value is -1.69. The molecule has 0 spiro atoms. The number of thioether (sulfide) groups is 1. The molecule has 0 aliphatic rings. The van der Waals surface area contributed by atoms with E-state index >= 15 is 0 Å². The highest BCUT2D eigenvalue weighted by molar-refractivity contribution is 14.1. The van der Waals surface area contributed by atoms with Crippen LogP contribution in [0.1, 0.15) is 28.7 Å². The fourth-order valence-corrected chi connectivity index (χ4v) is 4.17. The molecule has 0 fully saturated rings. The Morgan fingerprint density at radius 2 is 2.00 bits per heavy atom. The molecule has 0 saturated carbocycles. The van der Waals surface area contributed by atoms with Gasteiger partial charge in [-0.25, -0.2) is 4.68 Å². The molecule has 6 nitrogen and oxygen atoms in total. The summed E-state index contributed by atoms with van der Waals surface area (Å²) in [6.45, 7) is 1.97. The van der Waals surface area contributed by atoms with E-state index in [1.807, 2.05) is 31.2 Å². The average molecular weight is 558 g/mol. The summed E-state index contributed by atoms with van der Waals surface area (Å²) in [4.78, 5) is 12.5. The second-order valence-corrected chi connectivity index (χ2v) is 8.88. The van der Waals surface area contributed by atoms with Crippen molar-refractivity contribution >= 4 is 69.2 Å². The van der Waals surface area contributed by atoms with Crippen molar-refractivity contribution in [1.29, 1.82) is 0 Å². The van der Waals surface area contributed by atoms with Gasteiger partial charge in [0.2, 0.25) is 5.16 Å². The Bertz CT molecular complexity index is 1030. The topological polar surface area (TPSA) is 71.8 Å². The summed E-state index contributed by atoms with van der Waals surface area (Å²) in [6, 6.07) is 15.3. The van der Waals surface area contributed by atoms with Crippen LogP contribution in [0.5, 0.6) is 0 Å². The van der Waals surface area contributed by atoms with Crippen LogP contribution < -0.4 is 10.7 Å². The van der Waals surface area contributed by atoms with Crippen molar-refractivity contribution in [2.45, 2.75) is 24.3 Å². The molecule has 2 N–H and O–H groups in total.